The van der Waals surface area contributed by atoms with Crippen LogP contribution in [0.4, 0.5) is 13.2 Å². The summed E-state index contributed by atoms with van der Waals surface area (Å²) in [6.07, 6.45) is -4.04. The summed E-state index contributed by atoms with van der Waals surface area (Å²) in [4.78, 5) is 0. The molecule has 100 valence electrons. The molecule has 2 nitrogen and oxygen atoms in total. The maximum Gasteiger partial charge on any atom is 0.391 e. The summed E-state index contributed by atoms with van der Waals surface area (Å²) in [7, 11) is 0. The lowest BCUT2D eigenvalue weighted by atomic mass is 9.68. The zero-order valence-corrected chi connectivity index (χ0v) is 10.2. The molecular formula is C12H20F3NO. The average Bonchev–Trinajstić information content (AvgIpc) is 2.52. The molecule has 5 heteroatoms. The lowest BCUT2D eigenvalue weighted by molar-refractivity contribution is -0.199. The van der Waals surface area contributed by atoms with Crippen LogP contribution < -0.4 is 5.73 Å². The minimum atomic E-state index is -4.11. The van der Waals surface area contributed by atoms with Gasteiger partial charge < -0.3 is 10.5 Å². The van der Waals surface area contributed by atoms with Gasteiger partial charge in [-0.3, -0.25) is 0 Å². The Morgan fingerprint density at radius 2 is 1.88 bits per heavy atom. The van der Waals surface area contributed by atoms with Crippen molar-refractivity contribution in [1.29, 1.82) is 0 Å². The second kappa shape index (κ2) is 4.43. The Labute approximate surface area is 99.7 Å². The Morgan fingerprint density at radius 1 is 1.24 bits per heavy atom. The molecule has 1 heterocycles. The highest BCUT2D eigenvalue weighted by Gasteiger charge is 2.53. The van der Waals surface area contributed by atoms with Gasteiger partial charge in [0.2, 0.25) is 0 Å². The fraction of sp³-hybridized carbons (Fsp3) is 1.00. The minimum Gasteiger partial charge on any atom is -0.375 e. The summed E-state index contributed by atoms with van der Waals surface area (Å²) in [6, 6.07) is 0. The van der Waals surface area contributed by atoms with Gasteiger partial charge in [-0.2, -0.15) is 13.2 Å². The van der Waals surface area contributed by atoms with E-state index >= 15 is 0 Å². The molecule has 0 aromatic carbocycles. The maximum absolute atomic E-state index is 12.8. The third kappa shape index (κ3) is 2.32. The van der Waals surface area contributed by atoms with E-state index in [4.69, 9.17) is 10.5 Å². The molecule has 2 N–H and O–H groups in total. The molecule has 0 unspecified atom stereocenters. The SMILES string of the molecule is C[C@H]1[C@@H]2[C@@H](CN)C[C@@H](C(F)(F)F)C[C@H]2O[C@H]1C. The molecule has 0 amide bonds. The van der Waals surface area contributed by atoms with Crippen LogP contribution in [0.25, 0.3) is 0 Å². The van der Waals surface area contributed by atoms with E-state index in [1.165, 1.54) is 0 Å². The second-order valence-corrected chi connectivity index (χ2v) is 5.52. The lowest BCUT2D eigenvalue weighted by Crippen LogP contribution is -2.43. The largest absolute Gasteiger partial charge is 0.391 e. The number of hydrogen-bond acceptors (Lipinski definition) is 2. The van der Waals surface area contributed by atoms with E-state index in [0.29, 0.717) is 12.5 Å². The van der Waals surface area contributed by atoms with Crippen LogP contribution in [0.1, 0.15) is 26.7 Å². The van der Waals surface area contributed by atoms with Gasteiger partial charge in [-0.1, -0.05) is 6.92 Å². The number of nitrogens with two attached hydrogens (primary N) is 1. The molecule has 2 rings (SSSR count). The second-order valence-electron chi connectivity index (χ2n) is 5.52. The van der Waals surface area contributed by atoms with Gasteiger partial charge in [0.1, 0.15) is 0 Å². The van der Waals surface area contributed by atoms with Gasteiger partial charge in [0.15, 0.2) is 0 Å². The van der Waals surface area contributed by atoms with Gasteiger partial charge in [0, 0.05) is 0 Å². The van der Waals surface area contributed by atoms with Crippen LogP contribution in [0, 0.1) is 23.7 Å². The predicted molar refractivity (Wildman–Crippen MR) is 58.3 cm³/mol. The summed E-state index contributed by atoms with van der Waals surface area (Å²) >= 11 is 0. The van der Waals surface area contributed by atoms with Crippen LogP contribution in [0.2, 0.25) is 0 Å². The molecule has 6 atom stereocenters. The number of halogens is 3. The standard InChI is InChI=1S/C12H20F3NO/c1-6-7(2)17-10-4-9(12(13,14)15)3-8(5-16)11(6)10/h6-11H,3-5,16H2,1-2H3/t6-,7+,8-,9-,10-,11-/m1/s1. The fourth-order valence-corrected chi connectivity index (χ4v) is 3.51. The molecule has 0 spiro atoms. The third-order valence-electron chi connectivity index (χ3n) is 4.58. The summed E-state index contributed by atoms with van der Waals surface area (Å²) in [5, 5.41) is 0. The highest BCUT2D eigenvalue weighted by Crippen LogP contribution is 2.49. The number of hydrogen-bond donors (Lipinski definition) is 1. The lowest BCUT2D eigenvalue weighted by Gasteiger charge is -2.39. The molecule has 1 saturated heterocycles. The van der Waals surface area contributed by atoms with Gasteiger partial charge in [0.05, 0.1) is 18.1 Å². The summed E-state index contributed by atoms with van der Waals surface area (Å²) in [5.41, 5.74) is 5.65. The molecule has 2 aliphatic rings. The number of rotatable bonds is 1. The van der Waals surface area contributed by atoms with E-state index in [0.717, 1.165) is 0 Å². The van der Waals surface area contributed by atoms with Crippen LogP contribution in [-0.4, -0.2) is 24.9 Å². The van der Waals surface area contributed by atoms with Gasteiger partial charge in [-0.25, -0.2) is 0 Å². The van der Waals surface area contributed by atoms with Crippen molar-refractivity contribution < 1.29 is 17.9 Å². The van der Waals surface area contributed by atoms with E-state index in [2.05, 4.69) is 6.92 Å². The normalized spacial score (nSPS) is 46.9. The van der Waals surface area contributed by atoms with Crippen molar-refractivity contribution in [3.8, 4) is 0 Å². The number of alkyl halides is 3. The summed E-state index contributed by atoms with van der Waals surface area (Å²) in [5.74, 6) is -0.786. The average molecular weight is 251 g/mol. The molecule has 2 fully saturated rings. The van der Waals surface area contributed by atoms with Crippen molar-refractivity contribution in [3.05, 3.63) is 0 Å². The Bertz CT molecular complexity index is 273. The van der Waals surface area contributed by atoms with Crippen molar-refractivity contribution in [3.63, 3.8) is 0 Å². The molecule has 1 saturated carbocycles. The number of fused-ring (bicyclic) bond motifs is 1. The predicted octanol–water partition coefficient (Wildman–Crippen LogP) is 2.57. The molecule has 0 aromatic rings. The molecule has 0 radical (unpaired) electrons. The van der Waals surface area contributed by atoms with Crippen molar-refractivity contribution >= 4 is 0 Å². The Morgan fingerprint density at radius 3 is 2.41 bits per heavy atom. The molecule has 0 aromatic heterocycles. The van der Waals surface area contributed by atoms with Crippen LogP contribution in [0.15, 0.2) is 0 Å². The Kier molecular flexibility index (Phi) is 3.42. The molecular weight excluding hydrogens is 231 g/mol. The number of ether oxygens (including phenoxy) is 1. The summed E-state index contributed by atoms with van der Waals surface area (Å²) < 4.78 is 44.1. The van der Waals surface area contributed by atoms with Crippen LogP contribution >= 0.6 is 0 Å². The zero-order chi connectivity index (χ0) is 12.8. The third-order valence-corrected chi connectivity index (χ3v) is 4.58. The molecule has 1 aliphatic heterocycles. The summed E-state index contributed by atoms with van der Waals surface area (Å²) in [6.45, 7) is 4.33. The highest BCUT2D eigenvalue weighted by atomic mass is 19.4. The first kappa shape index (κ1) is 13.1. The Hall–Kier alpha value is -0.290. The van der Waals surface area contributed by atoms with Gasteiger partial charge in [-0.15, -0.1) is 0 Å². The van der Waals surface area contributed by atoms with Crippen LogP contribution in [0.5, 0.6) is 0 Å². The first-order valence-corrected chi connectivity index (χ1v) is 6.26. The van der Waals surface area contributed by atoms with Gasteiger partial charge in [-0.05, 0) is 44.1 Å². The smallest absolute Gasteiger partial charge is 0.375 e. The molecule has 17 heavy (non-hydrogen) atoms. The maximum atomic E-state index is 12.8. The van der Waals surface area contributed by atoms with Crippen molar-refractivity contribution in [1.82, 2.24) is 0 Å². The first-order valence-electron chi connectivity index (χ1n) is 6.26. The van der Waals surface area contributed by atoms with Gasteiger partial charge >= 0.3 is 6.18 Å². The van der Waals surface area contributed by atoms with Crippen molar-refractivity contribution in [2.75, 3.05) is 6.54 Å². The van der Waals surface area contributed by atoms with Crippen molar-refractivity contribution in [2.24, 2.45) is 29.4 Å². The monoisotopic (exact) mass is 251 g/mol. The highest BCUT2D eigenvalue weighted by molar-refractivity contribution is 4.97. The van der Waals surface area contributed by atoms with Gasteiger partial charge in [0.25, 0.3) is 0 Å². The van der Waals surface area contributed by atoms with Crippen LogP contribution in [-0.2, 0) is 4.74 Å². The minimum absolute atomic E-state index is 0.0473. The van der Waals surface area contributed by atoms with Crippen molar-refractivity contribution in [2.45, 2.75) is 45.1 Å². The molecule has 0 bridgehead atoms. The van der Waals surface area contributed by atoms with E-state index in [-0.39, 0.29) is 36.9 Å². The first-order chi connectivity index (χ1) is 7.84. The van der Waals surface area contributed by atoms with Crippen LogP contribution in [0.3, 0.4) is 0 Å². The quantitative estimate of drug-likeness (QED) is 0.777. The van der Waals surface area contributed by atoms with E-state index in [1.807, 2.05) is 6.92 Å². The fourth-order valence-electron chi connectivity index (χ4n) is 3.51. The Balaban J connectivity index is 2.16. The topological polar surface area (TPSA) is 35.2 Å². The van der Waals surface area contributed by atoms with E-state index < -0.39 is 12.1 Å². The zero-order valence-electron chi connectivity index (χ0n) is 10.2. The van der Waals surface area contributed by atoms with E-state index in [9.17, 15) is 13.2 Å². The molecule has 1 aliphatic carbocycles. The van der Waals surface area contributed by atoms with E-state index in [1.54, 1.807) is 0 Å².